The standard InChI is InChI=1S/C23H20Cl2N4O2S/c1-13-7-8-17(25)21-19(13)26-23(32-21)29-11-9-28(10-12-29)22(30)18-14(2)31-27-20(18)15-5-3-4-6-16(15)24/h3-8H,9-12H2,1-2H3. The monoisotopic (exact) mass is 486 g/mol. The number of amides is 1. The maximum Gasteiger partial charge on any atom is 0.259 e. The van der Waals surface area contributed by atoms with Crippen LogP contribution in [-0.2, 0) is 0 Å². The molecule has 5 rings (SSSR count). The van der Waals surface area contributed by atoms with Crippen molar-refractivity contribution >= 4 is 55.8 Å². The van der Waals surface area contributed by atoms with Crippen molar-refractivity contribution in [3.63, 3.8) is 0 Å². The van der Waals surface area contributed by atoms with Crippen molar-refractivity contribution < 1.29 is 9.32 Å². The number of rotatable bonds is 3. The molecule has 4 aromatic rings. The topological polar surface area (TPSA) is 62.5 Å². The lowest BCUT2D eigenvalue weighted by molar-refractivity contribution is 0.0745. The molecule has 1 aliphatic rings. The quantitative estimate of drug-likeness (QED) is 0.364. The van der Waals surface area contributed by atoms with E-state index in [-0.39, 0.29) is 5.91 Å². The van der Waals surface area contributed by atoms with Gasteiger partial charge >= 0.3 is 0 Å². The van der Waals surface area contributed by atoms with Crippen LogP contribution in [0.25, 0.3) is 21.5 Å². The lowest BCUT2D eigenvalue weighted by Gasteiger charge is -2.34. The van der Waals surface area contributed by atoms with Crippen molar-refractivity contribution in [3.05, 3.63) is 63.3 Å². The lowest BCUT2D eigenvalue weighted by atomic mass is 10.0. The molecule has 0 aliphatic carbocycles. The summed E-state index contributed by atoms with van der Waals surface area (Å²) in [6.07, 6.45) is 0. The summed E-state index contributed by atoms with van der Waals surface area (Å²) >= 11 is 14.3. The summed E-state index contributed by atoms with van der Waals surface area (Å²) in [6.45, 7) is 6.32. The fraction of sp³-hybridized carbons (Fsp3) is 0.261. The van der Waals surface area contributed by atoms with Gasteiger partial charge in [0.2, 0.25) is 0 Å². The second-order valence-corrected chi connectivity index (χ2v) is 9.55. The van der Waals surface area contributed by atoms with Crippen LogP contribution < -0.4 is 4.90 Å². The molecule has 6 nitrogen and oxygen atoms in total. The van der Waals surface area contributed by atoms with E-state index in [1.165, 1.54) is 0 Å². The van der Waals surface area contributed by atoms with Gasteiger partial charge in [0.15, 0.2) is 5.13 Å². The van der Waals surface area contributed by atoms with Crippen LogP contribution in [-0.4, -0.2) is 47.1 Å². The molecule has 32 heavy (non-hydrogen) atoms. The predicted octanol–water partition coefficient (Wildman–Crippen LogP) is 5.84. The van der Waals surface area contributed by atoms with Crippen molar-refractivity contribution in [2.24, 2.45) is 0 Å². The number of hydrogen-bond acceptors (Lipinski definition) is 6. The molecule has 0 saturated carbocycles. The summed E-state index contributed by atoms with van der Waals surface area (Å²) < 4.78 is 6.38. The van der Waals surface area contributed by atoms with Crippen LogP contribution >= 0.6 is 34.5 Å². The second-order valence-electron chi connectivity index (χ2n) is 7.76. The fourth-order valence-electron chi connectivity index (χ4n) is 3.95. The van der Waals surface area contributed by atoms with Gasteiger partial charge in [-0.05, 0) is 31.5 Å². The van der Waals surface area contributed by atoms with Gasteiger partial charge < -0.3 is 14.3 Å². The van der Waals surface area contributed by atoms with E-state index in [9.17, 15) is 4.79 Å². The average molecular weight is 487 g/mol. The third-order valence-corrected chi connectivity index (χ3v) is 7.64. The van der Waals surface area contributed by atoms with E-state index in [1.54, 1.807) is 24.3 Å². The summed E-state index contributed by atoms with van der Waals surface area (Å²) in [5, 5.41) is 6.31. The number of aromatic nitrogens is 2. The number of benzene rings is 2. The Kier molecular flexibility index (Phi) is 5.57. The number of halogens is 2. The SMILES string of the molecule is Cc1onc(-c2ccccc2Cl)c1C(=O)N1CCN(c2nc3c(C)ccc(Cl)c3s2)CC1. The molecule has 0 radical (unpaired) electrons. The van der Waals surface area contributed by atoms with E-state index in [2.05, 4.69) is 10.1 Å². The Hall–Kier alpha value is -2.61. The minimum absolute atomic E-state index is 0.0958. The van der Waals surface area contributed by atoms with Crippen LogP contribution in [0.5, 0.6) is 0 Å². The van der Waals surface area contributed by atoms with Crippen molar-refractivity contribution in [1.29, 1.82) is 0 Å². The fourth-order valence-corrected chi connectivity index (χ4v) is 5.54. The smallest absolute Gasteiger partial charge is 0.259 e. The minimum Gasteiger partial charge on any atom is -0.360 e. The lowest BCUT2D eigenvalue weighted by Crippen LogP contribution is -2.49. The summed E-state index contributed by atoms with van der Waals surface area (Å²) in [6, 6.07) is 11.2. The van der Waals surface area contributed by atoms with E-state index in [0.717, 1.165) is 25.9 Å². The average Bonchev–Trinajstić information content (AvgIpc) is 3.41. The first-order chi connectivity index (χ1) is 15.4. The van der Waals surface area contributed by atoms with E-state index in [0.29, 0.717) is 53.8 Å². The zero-order valence-electron chi connectivity index (χ0n) is 17.6. The highest BCUT2D eigenvalue weighted by Crippen LogP contribution is 2.36. The number of aryl methyl sites for hydroxylation is 2. The Morgan fingerprint density at radius 2 is 1.78 bits per heavy atom. The first-order valence-corrected chi connectivity index (χ1v) is 11.8. The first kappa shape index (κ1) is 21.2. The molecule has 1 amide bonds. The van der Waals surface area contributed by atoms with Crippen LogP contribution in [0.1, 0.15) is 21.7 Å². The zero-order chi connectivity index (χ0) is 22.4. The van der Waals surface area contributed by atoms with Crippen molar-refractivity contribution in [2.45, 2.75) is 13.8 Å². The maximum atomic E-state index is 13.4. The summed E-state index contributed by atoms with van der Waals surface area (Å²) in [7, 11) is 0. The second kappa shape index (κ2) is 8.39. The van der Waals surface area contributed by atoms with Gasteiger partial charge in [-0.15, -0.1) is 0 Å². The molecule has 3 heterocycles. The van der Waals surface area contributed by atoms with Crippen LogP contribution in [0.3, 0.4) is 0 Å². The van der Waals surface area contributed by atoms with Crippen LogP contribution in [0.4, 0.5) is 5.13 Å². The molecule has 0 atom stereocenters. The molecule has 9 heteroatoms. The van der Waals surface area contributed by atoms with Gasteiger partial charge in [-0.1, -0.05) is 64.0 Å². The van der Waals surface area contributed by atoms with Gasteiger partial charge in [0.25, 0.3) is 5.91 Å². The number of carbonyl (C=O) groups excluding carboxylic acids is 1. The molecule has 0 spiro atoms. The van der Waals surface area contributed by atoms with Gasteiger partial charge in [-0.25, -0.2) is 4.98 Å². The van der Waals surface area contributed by atoms with Gasteiger partial charge in [0, 0.05) is 31.7 Å². The molecule has 1 fully saturated rings. The van der Waals surface area contributed by atoms with E-state index < -0.39 is 0 Å². The summed E-state index contributed by atoms with van der Waals surface area (Å²) in [4.78, 5) is 22.2. The largest absolute Gasteiger partial charge is 0.360 e. The molecule has 1 aliphatic heterocycles. The molecular formula is C23H20Cl2N4O2S. The number of piperazine rings is 1. The Balaban J connectivity index is 1.36. The number of thiazole rings is 1. The van der Waals surface area contributed by atoms with Crippen LogP contribution in [0, 0.1) is 13.8 Å². The number of nitrogens with zero attached hydrogens (tertiary/aromatic N) is 4. The van der Waals surface area contributed by atoms with Gasteiger partial charge in [0.05, 0.1) is 20.3 Å². The van der Waals surface area contributed by atoms with Crippen LogP contribution in [0.15, 0.2) is 40.9 Å². The predicted molar refractivity (Wildman–Crippen MR) is 129 cm³/mol. The number of carbonyl (C=O) groups is 1. The molecule has 0 unspecified atom stereocenters. The third kappa shape index (κ3) is 3.64. The summed E-state index contributed by atoms with van der Waals surface area (Å²) in [5.74, 6) is 0.394. The zero-order valence-corrected chi connectivity index (χ0v) is 19.9. The Morgan fingerprint density at radius 3 is 2.50 bits per heavy atom. The molecule has 1 saturated heterocycles. The summed E-state index contributed by atoms with van der Waals surface area (Å²) in [5.41, 5.74) is 3.69. The van der Waals surface area contributed by atoms with Crippen LogP contribution in [0.2, 0.25) is 10.0 Å². The van der Waals surface area contributed by atoms with Crippen molar-refractivity contribution in [2.75, 3.05) is 31.1 Å². The van der Waals surface area contributed by atoms with Gasteiger partial charge in [-0.2, -0.15) is 0 Å². The highest BCUT2D eigenvalue weighted by molar-refractivity contribution is 7.22. The van der Waals surface area contributed by atoms with E-state index in [1.807, 2.05) is 42.2 Å². The number of anilines is 1. The maximum absolute atomic E-state index is 13.4. The van der Waals surface area contributed by atoms with Gasteiger partial charge in [0.1, 0.15) is 17.0 Å². The molecule has 2 aromatic carbocycles. The highest BCUT2D eigenvalue weighted by atomic mass is 35.5. The first-order valence-electron chi connectivity index (χ1n) is 10.2. The minimum atomic E-state index is -0.0958. The van der Waals surface area contributed by atoms with Gasteiger partial charge in [-0.3, -0.25) is 4.79 Å². The van der Waals surface area contributed by atoms with E-state index in [4.69, 9.17) is 32.7 Å². The van der Waals surface area contributed by atoms with Crippen molar-refractivity contribution in [3.8, 4) is 11.3 Å². The number of hydrogen-bond donors (Lipinski definition) is 0. The Bertz CT molecular complexity index is 1290. The molecule has 0 bridgehead atoms. The molecular weight excluding hydrogens is 467 g/mol. The molecule has 2 aromatic heterocycles. The Labute approximate surface area is 199 Å². The molecule has 0 N–H and O–H groups in total. The highest BCUT2D eigenvalue weighted by Gasteiger charge is 2.30. The third-order valence-electron chi connectivity index (χ3n) is 5.73. The number of fused-ring (bicyclic) bond motifs is 1. The van der Waals surface area contributed by atoms with Crippen molar-refractivity contribution in [1.82, 2.24) is 15.0 Å². The Morgan fingerprint density at radius 1 is 1.03 bits per heavy atom. The molecule has 164 valence electrons. The normalized spacial score (nSPS) is 14.4. The van der Waals surface area contributed by atoms with E-state index >= 15 is 0 Å².